The van der Waals surface area contributed by atoms with Crippen LogP contribution >= 0.6 is 0 Å². The maximum Gasteiger partial charge on any atom is 0.170 e. The standard InChI is InChI=1S/C22H27NO3.C21H25NO4/c1-22(2)19(14-7-9-15(10-8-14)23(3)4)20(22)21(24)17-13-16(25-5)11-12-18(17)26-6;1-21(2)18(12-6-8-17(26-5)15(22)10-12)19(21)20(23)14-11-13(24-3)7-9-16(14)25-4/h7-13,19-20H,1-6H3;6-11,18-19H,22H2,1-5H3. The van der Waals surface area contributed by atoms with Gasteiger partial charge in [-0.05, 0) is 82.6 Å². The third-order valence-electron chi connectivity index (χ3n) is 10.9. The van der Waals surface area contributed by atoms with Crippen molar-refractivity contribution in [3.8, 4) is 28.7 Å². The number of ether oxygens (including phenoxy) is 5. The van der Waals surface area contributed by atoms with E-state index in [1.54, 1.807) is 65.9 Å². The van der Waals surface area contributed by atoms with Gasteiger partial charge < -0.3 is 34.3 Å². The van der Waals surface area contributed by atoms with E-state index in [0.717, 1.165) is 11.3 Å². The van der Waals surface area contributed by atoms with Gasteiger partial charge in [0.15, 0.2) is 11.6 Å². The molecule has 0 heterocycles. The first-order valence-corrected chi connectivity index (χ1v) is 17.4. The zero-order valence-electron chi connectivity index (χ0n) is 32.2. The normalized spacial score (nSPS) is 20.4. The van der Waals surface area contributed by atoms with Crippen molar-refractivity contribution >= 4 is 22.9 Å². The number of nitrogens with zero attached hydrogens (tertiary/aromatic N) is 1. The molecule has 4 aromatic rings. The van der Waals surface area contributed by atoms with Gasteiger partial charge in [-0.1, -0.05) is 45.9 Å². The number of benzene rings is 4. The summed E-state index contributed by atoms with van der Waals surface area (Å²) < 4.78 is 26.6. The lowest BCUT2D eigenvalue weighted by atomic mass is 10.0. The SMILES string of the molecule is COc1ccc(OC)c(C(=O)C2C(c3ccc(N(C)C)cc3)C2(C)C)c1.COc1ccc(OC)c(C(=O)C2C(c3ccc(OC)c(N)c3)C2(C)C)c1. The molecule has 0 spiro atoms. The number of hydrogen-bond donors (Lipinski definition) is 1. The molecule has 4 unspecified atom stereocenters. The van der Waals surface area contributed by atoms with Gasteiger partial charge in [-0.2, -0.15) is 0 Å². The van der Waals surface area contributed by atoms with Gasteiger partial charge in [0.2, 0.25) is 0 Å². The van der Waals surface area contributed by atoms with Crippen molar-refractivity contribution in [2.24, 2.45) is 22.7 Å². The Morgan fingerprint density at radius 3 is 1.35 bits per heavy atom. The van der Waals surface area contributed by atoms with Crippen LogP contribution in [0.4, 0.5) is 11.4 Å². The first-order chi connectivity index (χ1) is 24.7. The van der Waals surface area contributed by atoms with Crippen molar-refractivity contribution in [1.29, 1.82) is 0 Å². The van der Waals surface area contributed by atoms with Crippen molar-refractivity contribution in [3.05, 3.63) is 101 Å². The summed E-state index contributed by atoms with van der Waals surface area (Å²) in [6, 6.07) is 24.9. The first-order valence-electron chi connectivity index (χ1n) is 17.4. The van der Waals surface area contributed by atoms with E-state index in [4.69, 9.17) is 29.4 Å². The molecule has 2 aliphatic carbocycles. The fraction of sp³-hybridized carbons (Fsp3) is 0.395. The smallest absolute Gasteiger partial charge is 0.170 e. The molecule has 0 aliphatic heterocycles. The topological polar surface area (TPSA) is 110 Å². The Hall–Kier alpha value is -5.18. The molecule has 2 saturated carbocycles. The molecule has 276 valence electrons. The van der Waals surface area contributed by atoms with Gasteiger partial charge in [-0.3, -0.25) is 9.59 Å². The van der Waals surface area contributed by atoms with E-state index >= 15 is 0 Å². The summed E-state index contributed by atoms with van der Waals surface area (Å²) in [4.78, 5) is 28.6. The lowest BCUT2D eigenvalue weighted by molar-refractivity contribution is 0.0940. The molecule has 9 heteroatoms. The van der Waals surface area contributed by atoms with E-state index in [0.29, 0.717) is 45.6 Å². The van der Waals surface area contributed by atoms with E-state index in [9.17, 15) is 9.59 Å². The Morgan fingerprint density at radius 1 is 0.558 bits per heavy atom. The molecule has 0 radical (unpaired) electrons. The third kappa shape index (κ3) is 7.14. The van der Waals surface area contributed by atoms with E-state index in [2.05, 4.69) is 56.9 Å². The average Bonchev–Trinajstić information content (AvgIpc) is 3.95. The highest BCUT2D eigenvalue weighted by Crippen LogP contribution is 2.67. The summed E-state index contributed by atoms with van der Waals surface area (Å²) in [7, 11) is 12.0. The number of Topliss-reactive ketones (excluding diaryl/α,β-unsaturated/α-hetero) is 2. The van der Waals surface area contributed by atoms with Crippen molar-refractivity contribution in [2.45, 2.75) is 39.5 Å². The van der Waals surface area contributed by atoms with Crippen LogP contribution in [0.2, 0.25) is 0 Å². The summed E-state index contributed by atoms with van der Waals surface area (Å²) in [5.41, 5.74) is 11.0. The molecule has 4 aromatic carbocycles. The van der Waals surface area contributed by atoms with Crippen molar-refractivity contribution in [3.63, 3.8) is 0 Å². The number of carbonyl (C=O) groups excluding carboxylic acids is 2. The molecule has 0 saturated heterocycles. The Bertz CT molecular complexity index is 1930. The Kier molecular flexibility index (Phi) is 10.8. The van der Waals surface area contributed by atoms with Crippen LogP contribution in [0.25, 0.3) is 0 Å². The van der Waals surface area contributed by atoms with Gasteiger partial charge in [0, 0.05) is 43.5 Å². The highest BCUT2D eigenvalue weighted by Gasteiger charge is 2.63. The van der Waals surface area contributed by atoms with Gasteiger partial charge in [0.05, 0.1) is 52.4 Å². The number of nitrogens with two attached hydrogens (primary N) is 1. The van der Waals surface area contributed by atoms with Crippen LogP contribution in [0.15, 0.2) is 78.9 Å². The van der Waals surface area contributed by atoms with Crippen molar-refractivity contribution < 1.29 is 33.3 Å². The lowest BCUT2D eigenvalue weighted by Gasteiger charge is -2.13. The van der Waals surface area contributed by atoms with E-state index in [-0.39, 0.29) is 46.1 Å². The van der Waals surface area contributed by atoms with Gasteiger partial charge in [-0.15, -0.1) is 0 Å². The molecule has 2 fully saturated rings. The lowest BCUT2D eigenvalue weighted by Crippen LogP contribution is -2.09. The minimum Gasteiger partial charge on any atom is -0.497 e. The van der Waals surface area contributed by atoms with Crippen LogP contribution < -0.4 is 34.3 Å². The molecule has 2 aliphatic rings. The van der Waals surface area contributed by atoms with E-state index < -0.39 is 0 Å². The highest BCUT2D eigenvalue weighted by atomic mass is 16.5. The summed E-state index contributed by atoms with van der Waals surface area (Å²) >= 11 is 0. The van der Waals surface area contributed by atoms with Crippen LogP contribution in [0, 0.1) is 22.7 Å². The number of ketones is 2. The number of anilines is 2. The Balaban J connectivity index is 0.000000201. The summed E-state index contributed by atoms with van der Waals surface area (Å²) in [5.74, 6) is 3.39. The average molecular weight is 709 g/mol. The second-order valence-electron chi connectivity index (χ2n) is 14.9. The molecular weight excluding hydrogens is 656 g/mol. The summed E-state index contributed by atoms with van der Waals surface area (Å²) in [6.45, 7) is 8.53. The number of nitrogen functional groups attached to an aromatic ring is 1. The molecule has 6 rings (SSSR count). The van der Waals surface area contributed by atoms with Crippen LogP contribution in [0.5, 0.6) is 28.7 Å². The number of hydrogen-bond acceptors (Lipinski definition) is 9. The fourth-order valence-corrected chi connectivity index (χ4v) is 7.77. The highest BCUT2D eigenvalue weighted by molar-refractivity contribution is 6.04. The molecule has 0 aromatic heterocycles. The second-order valence-corrected chi connectivity index (χ2v) is 14.9. The van der Waals surface area contributed by atoms with E-state index in [1.165, 1.54) is 5.56 Å². The largest absolute Gasteiger partial charge is 0.497 e. The minimum atomic E-state index is -0.161. The Morgan fingerprint density at radius 2 is 0.962 bits per heavy atom. The molecular formula is C43H52N2O7. The predicted molar refractivity (Wildman–Crippen MR) is 206 cm³/mol. The predicted octanol–water partition coefficient (Wildman–Crippen LogP) is 8.31. The van der Waals surface area contributed by atoms with Crippen LogP contribution in [-0.4, -0.2) is 61.2 Å². The molecule has 2 N–H and O–H groups in total. The zero-order valence-corrected chi connectivity index (χ0v) is 32.2. The van der Waals surface area contributed by atoms with Gasteiger partial charge in [0.25, 0.3) is 0 Å². The molecule has 0 amide bonds. The van der Waals surface area contributed by atoms with Gasteiger partial charge in [-0.25, -0.2) is 0 Å². The second kappa shape index (κ2) is 14.8. The minimum absolute atomic E-state index is 0.0603. The summed E-state index contributed by atoms with van der Waals surface area (Å²) in [6.07, 6.45) is 0. The van der Waals surface area contributed by atoms with Crippen molar-refractivity contribution in [1.82, 2.24) is 0 Å². The van der Waals surface area contributed by atoms with Gasteiger partial charge in [0.1, 0.15) is 28.7 Å². The van der Waals surface area contributed by atoms with Crippen LogP contribution in [0.3, 0.4) is 0 Å². The number of carbonyl (C=O) groups is 2. The molecule has 0 bridgehead atoms. The maximum atomic E-state index is 13.3. The van der Waals surface area contributed by atoms with Crippen molar-refractivity contribution in [2.75, 3.05) is 60.3 Å². The monoisotopic (exact) mass is 708 g/mol. The Labute approximate surface area is 308 Å². The molecule has 9 nitrogen and oxygen atoms in total. The van der Waals surface area contributed by atoms with Gasteiger partial charge >= 0.3 is 0 Å². The first kappa shape index (κ1) is 38.1. The molecule has 4 atom stereocenters. The zero-order chi connectivity index (χ0) is 38.1. The summed E-state index contributed by atoms with van der Waals surface area (Å²) in [5, 5.41) is 0. The molecule has 52 heavy (non-hydrogen) atoms. The quantitative estimate of drug-likeness (QED) is 0.115. The van der Waals surface area contributed by atoms with Crippen LogP contribution in [-0.2, 0) is 0 Å². The number of methoxy groups -OCH3 is 5. The maximum absolute atomic E-state index is 13.3. The number of rotatable bonds is 12. The fourth-order valence-electron chi connectivity index (χ4n) is 7.77. The van der Waals surface area contributed by atoms with Crippen LogP contribution in [0.1, 0.15) is 71.4 Å². The van der Waals surface area contributed by atoms with E-state index in [1.807, 2.05) is 38.4 Å². The third-order valence-corrected chi connectivity index (χ3v) is 10.9.